The minimum absolute atomic E-state index is 0.0188. The maximum Gasteiger partial charge on any atom is 0.316 e. The molecule has 0 radical (unpaired) electrons. The first kappa shape index (κ1) is 22.1. The Balaban J connectivity index is 1.29. The van der Waals surface area contributed by atoms with Gasteiger partial charge >= 0.3 is 5.97 Å². The van der Waals surface area contributed by atoms with Crippen LogP contribution in [0.2, 0.25) is 0 Å². The summed E-state index contributed by atoms with van der Waals surface area (Å²) in [6, 6.07) is 14.1. The molecule has 0 spiro atoms. The summed E-state index contributed by atoms with van der Waals surface area (Å²) in [5, 5.41) is 0. The number of benzene rings is 2. The largest absolute Gasteiger partial charge is 0.426 e. The Morgan fingerprint density at radius 2 is 1.79 bits per heavy atom. The number of amides is 3. The van der Waals surface area contributed by atoms with E-state index in [9.17, 15) is 19.2 Å². The first-order valence-corrected chi connectivity index (χ1v) is 11.6. The molecule has 0 bridgehead atoms. The van der Waals surface area contributed by atoms with Crippen LogP contribution < -0.4 is 14.5 Å². The van der Waals surface area contributed by atoms with Crippen LogP contribution in [0.3, 0.4) is 0 Å². The molecule has 34 heavy (non-hydrogen) atoms. The van der Waals surface area contributed by atoms with E-state index in [1.165, 1.54) is 4.90 Å². The molecular weight excluding hydrogens is 432 g/mol. The highest BCUT2D eigenvalue weighted by Gasteiger charge is 2.50. The second-order valence-corrected chi connectivity index (χ2v) is 9.28. The van der Waals surface area contributed by atoms with Gasteiger partial charge in [-0.3, -0.25) is 19.2 Å². The molecule has 0 saturated carbocycles. The van der Waals surface area contributed by atoms with Crippen molar-refractivity contribution in [1.29, 1.82) is 0 Å². The molecule has 0 unspecified atom stereocenters. The highest BCUT2D eigenvalue weighted by atomic mass is 16.5. The Kier molecular flexibility index (Phi) is 5.55. The van der Waals surface area contributed by atoms with E-state index in [0.717, 1.165) is 5.69 Å². The van der Waals surface area contributed by atoms with Gasteiger partial charge in [-0.2, -0.15) is 0 Å². The Morgan fingerprint density at radius 3 is 2.50 bits per heavy atom. The number of nitrogens with zero attached hydrogens (tertiary/aromatic N) is 2. The van der Waals surface area contributed by atoms with E-state index in [1.807, 2.05) is 49.4 Å². The number of hydrogen-bond acceptors (Lipinski definition) is 5. The van der Waals surface area contributed by atoms with Crippen molar-refractivity contribution in [3.8, 4) is 5.75 Å². The summed E-state index contributed by atoms with van der Waals surface area (Å²) in [5.74, 6) is -1.82. The van der Waals surface area contributed by atoms with Crippen molar-refractivity contribution in [3.63, 3.8) is 0 Å². The molecule has 4 atom stereocenters. The van der Waals surface area contributed by atoms with Crippen LogP contribution >= 0.6 is 0 Å². The smallest absolute Gasteiger partial charge is 0.316 e. The van der Waals surface area contributed by atoms with E-state index in [0.29, 0.717) is 23.4 Å². The fourth-order valence-electron chi connectivity index (χ4n) is 5.25. The number of para-hydroxylation sites is 1. The van der Waals surface area contributed by atoms with Crippen LogP contribution in [0.4, 0.5) is 11.4 Å². The normalized spacial score (nSPS) is 26.2. The average Bonchev–Trinajstić information content (AvgIpc) is 3.33. The van der Waals surface area contributed by atoms with Crippen molar-refractivity contribution in [2.45, 2.75) is 26.7 Å². The highest BCUT2D eigenvalue weighted by Crippen LogP contribution is 2.41. The van der Waals surface area contributed by atoms with Crippen LogP contribution in [0.1, 0.15) is 25.3 Å². The van der Waals surface area contributed by atoms with Gasteiger partial charge < -0.3 is 9.64 Å². The number of allylic oxidation sites excluding steroid dienone is 2. The van der Waals surface area contributed by atoms with Crippen LogP contribution in [-0.2, 0) is 19.2 Å². The number of rotatable bonds is 4. The molecule has 1 aliphatic carbocycles. The van der Waals surface area contributed by atoms with Crippen molar-refractivity contribution in [2.75, 3.05) is 16.3 Å². The maximum absolute atomic E-state index is 13.1. The van der Waals surface area contributed by atoms with Gasteiger partial charge in [0, 0.05) is 18.7 Å². The minimum atomic E-state index is -0.563. The van der Waals surface area contributed by atoms with Gasteiger partial charge in [-0.05, 0) is 55.2 Å². The predicted molar refractivity (Wildman–Crippen MR) is 126 cm³/mol. The summed E-state index contributed by atoms with van der Waals surface area (Å²) >= 11 is 0. The third-order valence-electron chi connectivity index (χ3n) is 7.03. The van der Waals surface area contributed by atoms with Crippen molar-refractivity contribution in [3.05, 3.63) is 66.2 Å². The lowest BCUT2D eigenvalue weighted by atomic mass is 9.78. The Bertz CT molecular complexity index is 1200. The number of carbonyl (C=O) groups excluding carboxylic acids is 4. The number of imide groups is 1. The maximum atomic E-state index is 13.1. The number of fused-ring (bicyclic) bond motifs is 1. The lowest BCUT2D eigenvalue weighted by molar-refractivity contribution is -0.139. The van der Waals surface area contributed by atoms with Crippen LogP contribution in [0.25, 0.3) is 0 Å². The average molecular weight is 459 g/mol. The van der Waals surface area contributed by atoms with Crippen molar-refractivity contribution in [2.24, 2.45) is 23.7 Å². The van der Waals surface area contributed by atoms with Gasteiger partial charge in [0.25, 0.3) is 0 Å². The monoisotopic (exact) mass is 458 g/mol. The van der Waals surface area contributed by atoms with E-state index in [-0.39, 0.29) is 48.4 Å². The van der Waals surface area contributed by atoms with E-state index >= 15 is 0 Å². The van der Waals surface area contributed by atoms with Crippen LogP contribution in [-0.4, -0.2) is 30.2 Å². The van der Waals surface area contributed by atoms with E-state index < -0.39 is 11.9 Å². The highest BCUT2D eigenvalue weighted by molar-refractivity contribution is 6.22. The van der Waals surface area contributed by atoms with Crippen LogP contribution in [0, 0.1) is 30.6 Å². The second-order valence-electron chi connectivity index (χ2n) is 9.28. The van der Waals surface area contributed by atoms with Gasteiger partial charge in [-0.1, -0.05) is 37.3 Å². The van der Waals surface area contributed by atoms with Gasteiger partial charge in [0.1, 0.15) is 5.75 Å². The number of ether oxygens (including phenoxy) is 1. The summed E-state index contributed by atoms with van der Waals surface area (Å²) in [6.07, 6.45) is 4.64. The zero-order chi connectivity index (χ0) is 24.0. The molecule has 3 aliphatic rings. The van der Waals surface area contributed by atoms with Crippen molar-refractivity contribution >= 4 is 35.1 Å². The number of esters is 1. The van der Waals surface area contributed by atoms with E-state index in [2.05, 4.69) is 0 Å². The SMILES string of the molecule is Cc1cc(OC(=O)[C@@H]2CC(=O)N(c3ccccc3)C2)ccc1N1C(=O)[C@@H]2[C@@H](C)C=CC[C@H]2C1=O. The molecular formula is C27H26N2O5. The quantitative estimate of drug-likeness (QED) is 0.302. The fraction of sp³-hybridized carbons (Fsp3) is 0.333. The third-order valence-corrected chi connectivity index (χ3v) is 7.03. The number of carbonyl (C=O) groups is 4. The van der Waals surface area contributed by atoms with Crippen molar-refractivity contribution < 1.29 is 23.9 Å². The lowest BCUT2D eigenvalue weighted by Gasteiger charge is -2.22. The van der Waals surface area contributed by atoms with Crippen LogP contribution in [0.15, 0.2) is 60.7 Å². The molecule has 2 aliphatic heterocycles. The molecule has 2 aromatic rings. The summed E-state index contributed by atoms with van der Waals surface area (Å²) in [5.41, 5.74) is 1.94. The zero-order valence-electron chi connectivity index (χ0n) is 19.1. The third kappa shape index (κ3) is 3.71. The standard InChI is InChI=1S/C27H26N2O5/c1-16-7-6-10-21-24(16)26(32)29(25(21)31)22-12-11-20(13-17(22)2)34-27(33)18-14-23(30)28(15-18)19-8-4-3-5-9-19/h3-9,11-13,16,18,21,24H,10,14-15H2,1-2H3/t16-,18+,21+,24+/m0/s1. The fourth-order valence-corrected chi connectivity index (χ4v) is 5.25. The summed E-state index contributed by atoms with van der Waals surface area (Å²) in [7, 11) is 0. The van der Waals surface area contributed by atoms with Gasteiger partial charge in [-0.15, -0.1) is 0 Å². The Labute approximate surface area is 198 Å². The molecule has 7 nitrogen and oxygen atoms in total. The summed E-state index contributed by atoms with van der Waals surface area (Å²) in [4.78, 5) is 54.2. The van der Waals surface area contributed by atoms with Gasteiger partial charge in [0.15, 0.2) is 0 Å². The zero-order valence-corrected chi connectivity index (χ0v) is 19.1. The first-order valence-electron chi connectivity index (χ1n) is 11.6. The van der Waals surface area contributed by atoms with Crippen LogP contribution in [0.5, 0.6) is 5.75 Å². The topological polar surface area (TPSA) is 84.0 Å². The Hall–Kier alpha value is -3.74. The Morgan fingerprint density at radius 1 is 1.03 bits per heavy atom. The number of anilines is 2. The molecule has 0 N–H and O–H groups in total. The first-order chi connectivity index (χ1) is 16.3. The lowest BCUT2D eigenvalue weighted by Crippen LogP contribution is -2.32. The summed E-state index contributed by atoms with van der Waals surface area (Å²) < 4.78 is 5.58. The second kappa shape index (κ2) is 8.56. The molecule has 2 heterocycles. The molecule has 3 amide bonds. The number of aryl methyl sites for hydroxylation is 1. The van der Waals surface area contributed by atoms with Gasteiger partial charge in [-0.25, -0.2) is 4.90 Å². The molecule has 5 rings (SSSR count). The van der Waals surface area contributed by atoms with Gasteiger partial charge in [0.2, 0.25) is 17.7 Å². The molecule has 2 aromatic carbocycles. The van der Waals surface area contributed by atoms with E-state index in [1.54, 1.807) is 30.0 Å². The molecule has 2 saturated heterocycles. The van der Waals surface area contributed by atoms with Crippen molar-refractivity contribution in [1.82, 2.24) is 0 Å². The van der Waals surface area contributed by atoms with Gasteiger partial charge in [0.05, 0.1) is 23.4 Å². The molecule has 174 valence electrons. The minimum Gasteiger partial charge on any atom is -0.426 e. The molecule has 7 heteroatoms. The predicted octanol–water partition coefficient (Wildman–Crippen LogP) is 3.66. The van der Waals surface area contributed by atoms with E-state index in [4.69, 9.17) is 4.74 Å². The number of hydrogen-bond donors (Lipinski definition) is 0. The molecule has 2 fully saturated rings. The molecule has 0 aromatic heterocycles. The summed E-state index contributed by atoms with van der Waals surface area (Å²) in [6.45, 7) is 4.02.